The summed E-state index contributed by atoms with van der Waals surface area (Å²) < 4.78 is 44.1. The maximum absolute atomic E-state index is 12.9. The van der Waals surface area contributed by atoms with Crippen LogP contribution in [0.5, 0.6) is 5.88 Å². The van der Waals surface area contributed by atoms with Crippen LogP contribution < -0.4 is 9.64 Å². The van der Waals surface area contributed by atoms with Crippen LogP contribution in [0.1, 0.15) is 17.5 Å². The molecule has 32 heavy (non-hydrogen) atoms. The second-order valence-electron chi connectivity index (χ2n) is 7.94. The zero-order valence-corrected chi connectivity index (χ0v) is 17.5. The van der Waals surface area contributed by atoms with Crippen molar-refractivity contribution in [3.63, 3.8) is 0 Å². The van der Waals surface area contributed by atoms with Crippen LogP contribution in [-0.2, 0) is 11.0 Å². The molecule has 0 N–H and O–H groups in total. The number of ether oxygens (including phenoxy) is 1. The number of rotatable bonds is 5. The first kappa shape index (κ1) is 21.9. The summed E-state index contributed by atoms with van der Waals surface area (Å²) in [5.41, 5.74) is 1.05. The van der Waals surface area contributed by atoms with Crippen LogP contribution in [0, 0.1) is 6.92 Å². The van der Waals surface area contributed by atoms with Crippen molar-refractivity contribution >= 4 is 17.6 Å². The molecule has 3 amide bonds. The number of hydrogen-bond acceptors (Lipinski definition) is 4. The first-order valence-corrected chi connectivity index (χ1v) is 10.3. The van der Waals surface area contributed by atoms with E-state index in [0.717, 1.165) is 29.6 Å². The van der Waals surface area contributed by atoms with Gasteiger partial charge >= 0.3 is 12.2 Å². The third-order valence-corrected chi connectivity index (χ3v) is 5.61. The van der Waals surface area contributed by atoms with Crippen LogP contribution >= 0.6 is 0 Å². The summed E-state index contributed by atoms with van der Waals surface area (Å²) in [4.78, 5) is 34.0. The SMILES string of the molecule is Cc1ccc(N2CCN(CC(=O)N3CCC(Oc4cc(C(F)(F)F)ccn4)C3)C2=O)cc1. The Morgan fingerprint density at radius 2 is 1.91 bits per heavy atom. The maximum atomic E-state index is 12.9. The molecule has 2 aliphatic heterocycles. The molecule has 2 saturated heterocycles. The highest BCUT2D eigenvalue weighted by molar-refractivity contribution is 5.96. The second kappa shape index (κ2) is 8.68. The first-order chi connectivity index (χ1) is 15.2. The molecule has 2 fully saturated rings. The monoisotopic (exact) mass is 448 g/mol. The molecule has 0 radical (unpaired) electrons. The molecule has 0 spiro atoms. The molecule has 2 aromatic rings. The van der Waals surface area contributed by atoms with Gasteiger partial charge in [0.25, 0.3) is 0 Å². The number of pyridine rings is 1. The number of carbonyl (C=O) groups excluding carboxylic acids is 2. The lowest BCUT2D eigenvalue weighted by Crippen LogP contribution is -2.42. The Balaban J connectivity index is 1.31. The van der Waals surface area contributed by atoms with Gasteiger partial charge in [-0.05, 0) is 25.1 Å². The summed E-state index contributed by atoms with van der Waals surface area (Å²) in [6, 6.07) is 9.13. The van der Waals surface area contributed by atoms with Gasteiger partial charge < -0.3 is 14.5 Å². The number of alkyl halides is 3. The smallest absolute Gasteiger partial charge is 0.416 e. The number of anilines is 1. The van der Waals surface area contributed by atoms with Gasteiger partial charge in [0.15, 0.2) is 0 Å². The minimum Gasteiger partial charge on any atom is -0.472 e. The van der Waals surface area contributed by atoms with Gasteiger partial charge in [-0.3, -0.25) is 9.69 Å². The zero-order valence-electron chi connectivity index (χ0n) is 17.5. The molecule has 170 valence electrons. The Hall–Kier alpha value is -3.30. The Morgan fingerprint density at radius 1 is 1.16 bits per heavy atom. The molecule has 1 aromatic carbocycles. The Kier molecular flexibility index (Phi) is 5.94. The molecule has 3 heterocycles. The van der Waals surface area contributed by atoms with Crippen molar-refractivity contribution in [2.45, 2.75) is 25.6 Å². The van der Waals surface area contributed by atoms with E-state index in [-0.39, 0.29) is 30.9 Å². The zero-order chi connectivity index (χ0) is 22.9. The van der Waals surface area contributed by atoms with Crippen molar-refractivity contribution in [3.05, 3.63) is 53.7 Å². The highest BCUT2D eigenvalue weighted by Gasteiger charge is 2.35. The summed E-state index contributed by atoms with van der Waals surface area (Å²) in [6.45, 7) is 3.52. The number of hydrogen-bond donors (Lipinski definition) is 0. The molecule has 7 nitrogen and oxygen atoms in total. The number of benzene rings is 1. The fraction of sp³-hybridized carbons (Fsp3) is 0.409. The van der Waals surface area contributed by atoms with E-state index in [9.17, 15) is 22.8 Å². The molecule has 10 heteroatoms. The van der Waals surface area contributed by atoms with Gasteiger partial charge in [-0.15, -0.1) is 0 Å². The van der Waals surface area contributed by atoms with E-state index < -0.39 is 17.8 Å². The van der Waals surface area contributed by atoms with Gasteiger partial charge in [0.2, 0.25) is 11.8 Å². The quantitative estimate of drug-likeness (QED) is 0.704. The number of carbonyl (C=O) groups is 2. The van der Waals surface area contributed by atoms with Crippen molar-refractivity contribution in [3.8, 4) is 5.88 Å². The number of halogens is 3. The third kappa shape index (κ3) is 4.79. The van der Waals surface area contributed by atoms with Crippen LogP contribution in [0.4, 0.5) is 23.7 Å². The van der Waals surface area contributed by atoms with Crippen LogP contribution in [0.25, 0.3) is 0 Å². The lowest BCUT2D eigenvalue weighted by Gasteiger charge is -2.22. The fourth-order valence-corrected chi connectivity index (χ4v) is 3.83. The van der Waals surface area contributed by atoms with Crippen LogP contribution in [0.3, 0.4) is 0 Å². The lowest BCUT2D eigenvalue weighted by molar-refractivity contribution is -0.137. The molecule has 1 atom stereocenters. The number of aryl methyl sites for hydroxylation is 1. The Morgan fingerprint density at radius 3 is 2.62 bits per heavy atom. The van der Waals surface area contributed by atoms with Gasteiger partial charge in [0.1, 0.15) is 12.6 Å². The molecule has 1 unspecified atom stereocenters. The maximum Gasteiger partial charge on any atom is 0.416 e. The summed E-state index contributed by atoms with van der Waals surface area (Å²) in [5.74, 6) is -0.338. The molecule has 1 aromatic heterocycles. The molecular weight excluding hydrogens is 425 g/mol. The molecular formula is C22H23F3N4O3. The van der Waals surface area contributed by atoms with Crippen molar-refractivity contribution in [1.82, 2.24) is 14.8 Å². The lowest BCUT2D eigenvalue weighted by atomic mass is 10.2. The van der Waals surface area contributed by atoms with E-state index in [1.165, 1.54) is 4.90 Å². The predicted octanol–water partition coefficient (Wildman–Crippen LogP) is 3.33. The minimum atomic E-state index is -4.48. The topological polar surface area (TPSA) is 66.0 Å². The summed E-state index contributed by atoms with van der Waals surface area (Å²) in [5, 5.41) is 0. The van der Waals surface area contributed by atoms with E-state index in [0.29, 0.717) is 26.1 Å². The van der Waals surface area contributed by atoms with Gasteiger partial charge in [-0.1, -0.05) is 17.7 Å². The number of likely N-dealkylation sites (tertiary alicyclic amines) is 1. The van der Waals surface area contributed by atoms with Gasteiger partial charge in [-0.2, -0.15) is 13.2 Å². The predicted molar refractivity (Wildman–Crippen MR) is 110 cm³/mol. The van der Waals surface area contributed by atoms with Crippen molar-refractivity contribution in [1.29, 1.82) is 0 Å². The van der Waals surface area contributed by atoms with Crippen molar-refractivity contribution in [2.24, 2.45) is 0 Å². The molecule has 0 saturated carbocycles. The van der Waals surface area contributed by atoms with E-state index in [4.69, 9.17) is 4.74 Å². The third-order valence-electron chi connectivity index (χ3n) is 5.61. The first-order valence-electron chi connectivity index (χ1n) is 10.3. The van der Waals surface area contributed by atoms with Crippen molar-refractivity contribution in [2.75, 3.05) is 37.6 Å². The summed E-state index contributed by atoms with van der Waals surface area (Å²) in [7, 11) is 0. The van der Waals surface area contributed by atoms with Gasteiger partial charge in [-0.25, -0.2) is 9.78 Å². The second-order valence-corrected chi connectivity index (χ2v) is 7.94. The average Bonchev–Trinajstić information content (AvgIpc) is 3.36. The van der Waals surface area contributed by atoms with Gasteiger partial charge in [0.05, 0.1) is 12.1 Å². The average molecular weight is 448 g/mol. The Bertz CT molecular complexity index is 997. The number of urea groups is 1. The standard InChI is InChI=1S/C22H23F3N4O3/c1-15-2-4-17(5-3-15)29-11-10-28(21(29)31)14-20(30)27-9-7-18(13-27)32-19-12-16(6-8-26-19)22(23,24)25/h2-6,8,12,18H,7,9-11,13-14H2,1H3. The normalized spacial score (nSPS) is 19.1. The highest BCUT2D eigenvalue weighted by atomic mass is 19.4. The van der Waals surface area contributed by atoms with E-state index in [1.54, 1.807) is 9.80 Å². The Labute approximate surface area is 183 Å². The van der Waals surface area contributed by atoms with E-state index in [2.05, 4.69) is 4.98 Å². The fourth-order valence-electron chi connectivity index (χ4n) is 3.83. The molecule has 0 aliphatic carbocycles. The van der Waals surface area contributed by atoms with Gasteiger partial charge in [0, 0.05) is 44.0 Å². The summed E-state index contributed by atoms with van der Waals surface area (Å²) in [6.07, 6.45) is -3.40. The molecule has 2 aliphatic rings. The summed E-state index contributed by atoms with van der Waals surface area (Å²) >= 11 is 0. The molecule has 0 bridgehead atoms. The number of amides is 3. The van der Waals surface area contributed by atoms with Crippen molar-refractivity contribution < 1.29 is 27.5 Å². The van der Waals surface area contributed by atoms with E-state index in [1.807, 2.05) is 31.2 Å². The molecule has 4 rings (SSSR count). The van der Waals surface area contributed by atoms with Crippen LogP contribution in [0.15, 0.2) is 42.6 Å². The highest BCUT2D eigenvalue weighted by Crippen LogP contribution is 2.31. The minimum absolute atomic E-state index is 0.0459. The van der Waals surface area contributed by atoms with Crippen LogP contribution in [0.2, 0.25) is 0 Å². The van der Waals surface area contributed by atoms with E-state index >= 15 is 0 Å². The number of nitrogens with zero attached hydrogens (tertiary/aromatic N) is 4. The van der Waals surface area contributed by atoms with Crippen LogP contribution in [-0.4, -0.2) is 65.5 Å². The largest absolute Gasteiger partial charge is 0.472 e. The number of aromatic nitrogens is 1.